The lowest BCUT2D eigenvalue weighted by molar-refractivity contribution is -0.304. The van der Waals surface area contributed by atoms with Crippen molar-refractivity contribution in [2.24, 2.45) is 0 Å². The maximum Gasteiger partial charge on any atom is 0.0503 e. The second kappa shape index (κ2) is 3.83. The fraction of sp³-hybridized carbons (Fsp3) is 0.250. The Balaban J connectivity index is 2.77. The topological polar surface area (TPSA) is 55.9 Å². The molecule has 0 spiro atoms. The first-order valence-electron chi connectivity index (χ1n) is 4.97. The summed E-state index contributed by atoms with van der Waals surface area (Å²) in [6.45, 7) is 3.80. The lowest BCUT2D eigenvalue weighted by atomic mass is 10.1. The fourth-order valence-corrected chi connectivity index (χ4v) is 2.22. The molecule has 1 heterocycles. The second-order valence-corrected chi connectivity index (χ2v) is 4.30. The average molecular weight is 237 g/mol. The van der Waals surface area contributed by atoms with Gasteiger partial charge in [-0.05, 0) is 31.0 Å². The van der Waals surface area contributed by atoms with Crippen LogP contribution in [0.2, 0.25) is 5.02 Å². The quantitative estimate of drug-likeness (QED) is 0.864. The Morgan fingerprint density at radius 3 is 2.75 bits per heavy atom. The van der Waals surface area contributed by atoms with Gasteiger partial charge in [0.25, 0.3) is 0 Å². The number of benzene rings is 1. The number of halogens is 1. The molecule has 0 fully saturated rings. The van der Waals surface area contributed by atoms with E-state index in [0.717, 1.165) is 22.2 Å². The minimum atomic E-state index is -1.10. The third kappa shape index (κ3) is 1.67. The maximum atomic E-state index is 10.7. The number of aryl methyl sites for hydroxylation is 2. The van der Waals surface area contributed by atoms with E-state index in [1.165, 1.54) is 0 Å². The summed E-state index contributed by atoms with van der Waals surface area (Å²) in [6.07, 6.45) is -0.116. The number of carbonyl (C=O) groups excluding carboxylic acids is 1. The molecule has 0 radical (unpaired) electrons. The molecule has 1 N–H and O–H groups in total. The van der Waals surface area contributed by atoms with Crippen LogP contribution >= 0.6 is 11.6 Å². The van der Waals surface area contributed by atoms with Crippen molar-refractivity contribution in [3.63, 3.8) is 0 Å². The monoisotopic (exact) mass is 236 g/mol. The molecule has 0 saturated carbocycles. The van der Waals surface area contributed by atoms with Gasteiger partial charge in [0.2, 0.25) is 0 Å². The first-order chi connectivity index (χ1) is 7.50. The highest BCUT2D eigenvalue weighted by atomic mass is 35.5. The molecular formula is C12H11ClNO2-. The molecule has 0 aliphatic heterocycles. The van der Waals surface area contributed by atoms with Gasteiger partial charge in [-0.1, -0.05) is 17.7 Å². The predicted octanol–water partition coefficient (Wildman–Crippen LogP) is 1.73. The van der Waals surface area contributed by atoms with E-state index in [1.807, 2.05) is 19.9 Å². The summed E-state index contributed by atoms with van der Waals surface area (Å²) < 4.78 is 0. The molecule has 0 atom stereocenters. The highest BCUT2D eigenvalue weighted by Gasteiger charge is 2.13. The van der Waals surface area contributed by atoms with Gasteiger partial charge in [-0.15, -0.1) is 0 Å². The van der Waals surface area contributed by atoms with Crippen molar-refractivity contribution in [1.29, 1.82) is 0 Å². The molecule has 0 unspecified atom stereocenters. The molecule has 0 bridgehead atoms. The van der Waals surface area contributed by atoms with E-state index in [1.54, 1.807) is 6.07 Å². The lowest BCUT2D eigenvalue weighted by Crippen LogP contribution is -2.24. The highest BCUT2D eigenvalue weighted by molar-refractivity contribution is 6.36. The molecule has 3 nitrogen and oxygen atoms in total. The molecule has 16 heavy (non-hydrogen) atoms. The number of hydrogen-bond acceptors (Lipinski definition) is 2. The van der Waals surface area contributed by atoms with Crippen LogP contribution in [-0.2, 0) is 11.2 Å². The summed E-state index contributed by atoms with van der Waals surface area (Å²) in [5.41, 5.74) is 3.49. The Kier molecular flexibility index (Phi) is 2.64. The summed E-state index contributed by atoms with van der Waals surface area (Å²) in [5, 5.41) is 12.1. The van der Waals surface area contributed by atoms with Crippen molar-refractivity contribution in [2.75, 3.05) is 0 Å². The number of aliphatic carboxylic acids is 1. The second-order valence-electron chi connectivity index (χ2n) is 3.89. The SMILES string of the molecule is Cc1[nH]c2c(C)ccc(Cl)c2c1CC(=O)[O-]. The van der Waals surface area contributed by atoms with Gasteiger partial charge in [0.05, 0.1) is 10.5 Å². The van der Waals surface area contributed by atoms with E-state index in [-0.39, 0.29) is 6.42 Å². The van der Waals surface area contributed by atoms with E-state index < -0.39 is 5.97 Å². The van der Waals surface area contributed by atoms with Crippen LogP contribution in [0.4, 0.5) is 0 Å². The Morgan fingerprint density at radius 1 is 1.44 bits per heavy atom. The van der Waals surface area contributed by atoms with Crippen molar-refractivity contribution < 1.29 is 9.90 Å². The zero-order valence-corrected chi connectivity index (χ0v) is 9.81. The molecule has 4 heteroatoms. The minimum Gasteiger partial charge on any atom is -0.550 e. The molecule has 0 amide bonds. The van der Waals surface area contributed by atoms with E-state index in [0.29, 0.717) is 10.6 Å². The molecule has 0 aliphatic rings. The van der Waals surface area contributed by atoms with Crippen LogP contribution < -0.4 is 5.11 Å². The average Bonchev–Trinajstić information content (AvgIpc) is 2.51. The van der Waals surface area contributed by atoms with Crippen LogP contribution in [0.5, 0.6) is 0 Å². The van der Waals surface area contributed by atoms with Gasteiger partial charge in [-0.25, -0.2) is 0 Å². The van der Waals surface area contributed by atoms with Crippen molar-refractivity contribution in [3.05, 3.63) is 34.0 Å². The largest absolute Gasteiger partial charge is 0.550 e. The van der Waals surface area contributed by atoms with E-state index in [4.69, 9.17) is 11.6 Å². The molecule has 1 aromatic carbocycles. The van der Waals surface area contributed by atoms with Crippen LogP contribution in [0.25, 0.3) is 10.9 Å². The van der Waals surface area contributed by atoms with Crippen LogP contribution in [0, 0.1) is 13.8 Å². The van der Waals surface area contributed by atoms with Crippen molar-refractivity contribution in [1.82, 2.24) is 4.98 Å². The predicted molar refractivity (Wildman–Crippen MR) is 61.5 cm³/mol. The molecule has 0 saturated heterocycles. The molecule has 0 aliphatic carbocycles. The molecule has 84 valence electrons. The van der Waals surface area contributed by atoms with Gasteiger partial charge in [0, 0.05) is 23.5 Å². The number of carbonyl (C=O) groups is 1. The summed E-state index contributed by atoms with van der Waals surface area (Å²) >= 11 is 6.10. The molecular weight excluding hydrogens is 226 g/mol. The number of H-pyrrole nitrogens is 1. The van der Waals surface area contributed by atoms with Gasteiger partial charge in [-0.3, -0.25) is 0 Å². The first kappa shape index (κ1) is 11.0. The number of hydrogen-bond donors (Lipinski definition) is 1. The zero-order chi connectivity index (χ0) is 11.9. The number of aromatic amines is 1. The normalized spacial score (nSPS) is 10.9. The van der Waals surface area contributed by atoms with E-state index in [2.05, 4.69) is 4.98 Å². The molecule has 2 rings (SSSR count). The first-order valence-corrected chi connectivity index (χ1v) is 5.34. The van der Waals surface area contributed by atoms with Gasteiger partial charge >= 0.3 is 0 Å². The minimum absolute atomic E-state index is 0.116. The smallest absolute Gasteiger partial charge is 0.0503 e. The van der Waals surface area contributed by atoms with E-state index in [9.17, 15) is 9.90 Å². The Bertz CT molecular complexity index is 572. The van der Waals surface area contributed by atoms with Gasteiger partial charge in [-0.2, -0.15) is 0 Å². The van der Waals surface area contributed by atoms with Gasteiger partial charge in [0.1, 0.15) is 0 Å². The van der Waals surface area contributed by atoms with Crippen LogP contribution in [0.3, 0.4) is 0 Å². The number of carboxylic acids is 1. The van der Waals surface area contributed by atoms with Crippen LogP contribution in [0.1, 0.15) is 16.8 Å². The summed E-state index contributed by atoms with van der Waals surface area (Å²) in [4.78, 5) is 13.9. The molecule has 2 aromatic rings. The lowest BCUT2D eigenvalue weighted by Gasteiger charge is -2.04. The van der Waals surface area contributed by atoms with Crippen molar-refractivity contribution >= 4 is 28.5 Å². The van der Waals surface area contributed by atoms with Crippen molar-refractivity contribution in [2.45, 2.75) is 20.3 Å². The number of aromatic nitrogens is 1. The van der Waals surface area contributed by atoms with Crippen LogP contribution in [0.15, 0.2) is 12.1 Å². The summed E-state index contributed by atoms with van der Waals surface area (Å²) in [7, 11) is 0. The zero-order valence-electron chi connectivity index (χ0n) is 9.06. The van der Waals surface area contributed by atoms with E-state index >= 15 is 0 Å². The third-order valence-electron chi connectivity index (χ3n) is 2.75. The van der Waals surface area contributed by atoms with Gasteiger partial charge < -0.3 is 14.9 Å². The summed E-state index contributed by atoms with van der Waals surface area (Å²) in [5.74, 6) is -1.10. The van der Waals surface area contributed by atoms with Crippen LogP contribution in [-0.4, -0.2) is 11.0 Å². The number of carboxylic acid groups (broad SMARTS) is 1. The summed E-state index contributed by atoms with van der Waals surface area (Å²) in [6, 6.07) is 3.69. The Morgan fingerprint density at radius 2 is 2.12 bits per heavy atom. The Labute approximate surface area is 98.0 Å². The standard InChI is InChI=1S/C12H12ClNO2/c1-6-3-4-9(13)11-8(5-10(15)16)7(2)14-12(6)11/h3-4,14H,5H2,1-2H3,(H,15,16)/p-1. The Hall–Kier alpha value is -1.48. The fourth-order valence-electron chi connectivity index (χ4n) is 1.95. The maximum absolute atomic E-state index is 10.7. The van der Waals surface area contributed by atoms with Crippen molar-refractivity contribution in [3.8, 4) is 0 Å². The molecule has 1 aromatic heterocycles. The third-order valence-corrected chi connectivity index (χ3v) is 3.07. The van der Waals surface area contributed by atoms with Gasteiger partial charge in [0.15, 0.2) is 0 Å². The number of rotatable bonds is 2. The highest BCUT2D eigenvalue weighted by Crippen LogP contribution is 2.31. The number of nitrogens with one attached hydrogen (secondary N) is 1. The number of fused-ring (bicyclic) bond motifs is 1.